The molecule has 0 aliphatic carbocycles. The van der Waals surface area contributed by atoms with E-state index in [4.69, 9.17) is 33.2 Å². The molecular weight excluding hydrogens is 459 g/mol. The van der Waals surface area contributed by atoms with Gasteiger partial charge in [0.25, 0.3) is 0 Å². The second kappa shape index (κ2) is 10.7. The Bertz CT molecular complexity index is 1180. The van der Waals surface area contributed by atoms with Gasteiger partial charge in [0.15, 0.2) is 0 Å². The first-order valence-electron chi connectivity index (χ1n) is 10.7. The van der Waals surface area contributed by atoms with Crippen LogP contribution in [0.4, 0.5) is 0 Å². The van der Waals surface area contributed by atoms with Crippen LogP contribution in [0.25, 0.3) is 5.57 Å². The minimum Gasteiger partial charge on any atom is -0.494 e. The van der Waals surface area contributed by atoms with Crippen molar-refractivity contribution in [3.63, 3.8) is 0 Å². The van der Waals surface area contributed by atoms with Gasteiger partial charge in [-0.15, -0.1) is 0 Å². The van der Waals surface area contributed by atoms with Crippen LogP contribution < -0.4 is 0 Å². The molecule has 1 amide bonds. The fraction of sp³-hybridized carbons (Fsp3) is 0.280. The molecule has 0 bridgehead atoms. The molecule has 2 aliphatic heterocycles. The van der Waals surface area contributed by atoms with Crippen LogP contribution in [-0.4, -0.2) is 36.5 Å². The highest BCUT2D eigenvalue weighted by Gasteiger charge is 2.23. The molecule has 0 N–H and O–H groups in total. The minimum atomic E-state index is 0.0467. The second-order valence-electron chi connectivity index (χ2n) is 7.94. The van der Waals surface area contributed by atoms with Gasteiger partial charge >= 0.3 is 0 Å². The number of piperidine rings is 1. The summed E-state index contributed by atoms with van der Waals surface area (Å²) >= 11 is 12.5. The number of azo groups is 1. The van der Waals surface area contributed by atoms with Crippen molar-refractivity contribution in [3.8, 4) is 6.07 Å². The number of likely N-dealkylation sites (tertiary alicyclic amines) is 1. The van der Waals surface area contributed by atoms with Crippen molar-refractivity contribution in [2.45, 2.75) is 25.3 Å². The monoisotopic (exact) mass is 480 g/mol. The molecule has 1 fully saturated rings. The average molecular weight is 481 g/mol. The van der Waals surface area contributed by atoms with E-state index in [0.717, 1.165) is 29.5 Å². The van der Waals surface area contributed by atoms with Crippen molar-refractivity contribution in [1.29, 1.82) is 5.26 Å². The summed E-state index contributed by atoms with van der Waals surface area (Å²) in [6.07, 6.45) is 5.28. The van der Waals surface area contributed by atoms with Gasteiger partial charge in [-0.25, -0.2) is 0 Å². The number of nitriles is 1. The molecule has 33 heavy (non-hydrogen) atoms. The van der Waals surface area contributed by atoms with Gasteiger partial charge in [-0.1, -0.05) is 47.5 Å². The Morgan fingerprint density at radius 2 is 1.97 bits per heavy atom. The molecule has 0 spiro atoms. The van der Waals surface area contributed by atoms with Crippen molar-refractivity contribution in [2.24, 2.45) is 10.2 Å². The molecule has 2 heterocycles. The van der Waals surface area contributed by atoms with E-state index in [9.17, 15) is 4.79 Å². The molecule has 0 unspecified atom stereocenters. The second-order valence-corrected chi connectivity index (χ2v) is 8.73. The van der Waals surface area contributed by atoms with E-state index in [-0.39, 0.29) is 11.9 Å². The van der Waals surface area contributed by atoms with Crippen molar-refractivity contribution in [3.05, 3.63) is 87.2 Å². The number of rotatable bonds is 5. The number of carbonyl (C=O) groups excluding carboxylic acids is 1. The van der Waals surface area contributed by atoms with Gasteiger partial charge in [0, 0.05) is 24.2 Å². The van der Waals surface area contributed by atoms with Crippen LogP contribution in [0, 0.1) is 11.3 Å². The molecule has 2 aromatic rings. The summed E-state index contributed by atoms with van der Waals surface area (Å²) < 4.78 is 5.55. The number of amides is 1. The Balaban J connectivity index is 1.32. The smallest absolute Gasteiger partial charge is 0.226 e. The highest BCUT2D eigenvalue weighted by atomic mass is 35.5. The summed E-state index contributed by atoms with van der Waals surface area (Å²) in [4.78, 5) is 14.5. The van der Waals surface area contributed by atoms with Crippen LogP contribution in [0.2, 0.25) is 10.0 Å². The quantitative estimate of drug-likeness (QED) is 0.506. The van der Waals surface area contributed by atoms with E-state index in [0.29, 0.717) is 47.4 Å². The summed E-state index contributed by atoms with van der Waals surface area (Å²) in [5, 5.41) is 18.8. The van der Waals surface area contributed by atoms with E-state index in [1.807, 2.05) is 29.2 Å². The normalized spacial score (nSPS) is 16.7. The Hall–Kier alpha value is -3.14. The molecule has 6 nitrogen and oxygen atoms in total. The zero-order chi connectivity index (χ0) is 23.2. The van der Waals surface area contributed by atoms with Crippen LogP contribution in [0.15, 0.2) is 70.7 Å². The van der Waals surface area contributed by atoms with Gasteiger partial charge in [-0.2, -0.15) is 15.5 Å². The Morgan fingerprint density at radius 3 is 2.76 bits per heavy atom. The number of carbonyl (C=O) groups is 1. The number of hydrogen-bond acceptors (Lipinski definition) is 5. The van der Waals surface area contributed by atoms with Crippen LogP contribution in [0.3, 0.4) is 0 Å². The first-order valence-corrected chi connectivity index (χ1v) is 11.4. The molecule has 0 saturated carbocycles. The summed E-state index contributed by atoms with van der Waals surface area (Å²) in [6, 6.07) is 14.8. The van der Waals surface area contributed by atoms with E-state index >= 15 is 0 Å². The molecule has 0 aromatic heterocycles. The zero-order valence-corrected chi connectivity index (χ0v) is 19.4. The first kappa shape index (κ1) is 23.0. The average Bonchev–Trinajstić information content (AvgIpc) is 2.85. The highest BCUT2D eigenvalue weighted by Crippen LogP contribution is 2.32. The maximum atomic E-state index is 12.6. The van der Waals surface area contributed by atoms with Gasteiger partial charge in [0.2, 0.25) is 5.91 Å². The lowest BCUT2D eigenvalue weighted by atomic mass is 10.0. The van der Waals surface area contributed by atoms with Crippen LogP contribution >= 0.6 is 23.2 Å². The summed E-state index contributed by atoms with van der Waals surface area (Å²) in [6.45, 7) is 1.65. The third kappa shape index (κ3) is 5.81. The maximum absolute atomic E-state index is 12.6. The lowest BCUT2D eigenvalue weighted by molar-refractivity contribution is -0.131. The fourth-order valence-electron chi connectivity index (χ4n) is 3.85. The molecular formula is C25H22Cl2N4O2. The van der Waals surface area contributed by atoms with Gasteiger partial charge in [0.1, 0.15) is 18.6 Å². The Labute approximate surface area is 202 Å². The molecule has 4 rings (SSSR count). The van der Waals surface area contributed by atoms with Gasteiger partial charge < -0.3 is 9.64 Å². The zero-order valence-electron chi connectivity index (χ0n) is 17.9. The maximum Gasteiger partial charge on any atom is 0.226 e. The summed E-state index contributed by atoms with van der Waals surface area (Å²) in [5.74, 6) is 0.0647. The fourth-order valence-corrected chi connectivity index (χ4v) is 4.27. The minimum absolute atomic E-state index is 0.0467. The van der Waals surface area contributed by atoms with E-state index in [2.05, 4.69) is 16.3 Å². The van der Waals surface area contributed by atoms with Crippen LogP contribution in [-0.2, 0) is 16.0 Å². The van der Waals surface area contributed by atoms with E-state index in [1.165, 1.54) is 0 Å². The Morgan fingerprint density at radius 1 is 1.18 bits per heavy atom. The molecule has 168 valence electrons. The van der Waals surface area contributed by atoms with E-state index in [1.54, 1.807) is 30.5 Å². The number of nitrogens with zero attached hydrogens (tertiary/aromatic N) is 4. The molecule has 1 saturated heterocycles. The Kier molecular flexibility index (Phi) is 7.43. The predicted octanol–water partition coefficient (Wildman–Crippen LogP) is 5.81. The van der Waals surface area contributed by atoms with Crippen molar-refractivity contribution >= 4 is 34.7 Å². The topological polar surface area (TPSA) is 78.0 Å². The number of ether oxygens (including phenoxy) is 1. The van der Waals surface area contributed by atoms with Crippen molar-refractivity contribution in [1.82, 2.24) is 4.90 Å². The summed E-state index contributed by atoms with van der Waals surface area (Å²) in [7, 11) is 0. The molecule has 2 aliphatic rings. The lowest BCUT2D eigenvalue weighted by Gasteiger charge is -2.30. The highest BCUT2D eigenvalue weighted by molar-refractivity contribution is 6.43. The van der Waals surface area contributed by atoms with Crippen molar-refractivity contribution < 1.29 is 9.53 Å². The molecule has 2 aromatic carbocycles. The number of halogens is 2. The standard InChI is InChI=1S/C25H22Cl2N4O2/c26-23-6-2-5-22(25(23)27)19-13-21(16-33-15-19)30-29-20-7-9-31(10-8-20)24(32)12-17-3-1-4-18(11-17)14-28/h1-6,11,13,16,20H,7-10,12,15H2. The largest absolute Gasteiger partial charge is 0.494 e. The van der Waals surface area contributed by atoms with Crippen LogP contribution in [0.5, 0.6) is 0 Å². The van der Waals surface area contributed by atoms with Crippen molar-refractivity contribution in [2.75, 3.05) is 19.7 Å². The predicted molar refractivity (Wildman–Crippen MR) is 128 cm³/mol. The number of allylic oxidation sites excluding steroid dienone is 1. The van der Waals surface area contributed by atoms with Gasteiger partial charge in [-0.05, 0) is 42.7 Å². The van der Waals surface area contributed by atoms with Gasteiger partial charge in [0.05, 0.1) is 34.1 Å². The van der Waals surface area contributed by atoms with E-state index < -0.39 is 0 Å². The first-order chi connectivity index (χ1) is 16.0. The lowest BCUT2D eigenvalue weighted by Crippen LogP contribution is -2.40. The third-order valence-electron chi connectivity index (χ3n) is 5.63. The van der Waals surface area contributed by atoms with Crippen LogP contribution in [0.1, 0.15) is 29.5 Å². The molecule has 0 radical (unpaired) electrons. The molecule has 8 heteroatoms. The third-order valence-corrected chi connectivity index (χ3v) is 6.45. The summed E-state index contributed by atoms with van der Waals surface area (Å²) in [5.41, 5.74) is 3.74. The number of benzene rings is 2. The van der Waals surface area contributed by atoms with Gasteiger partial charge in [-0.3, -0.25) is 4.79 Å². The SMILES string of the molecule is N#Cc1cccc(CC(=O)N2CCC(N=NC3=COCC(c4cccc(Cl)c4Cl)=C3)CC2)c1. The number of hydrogen-bond donors (Lipinski definition) is 0. The molecule has 0 atom stereocenters.